The predicted molar refractivity (Wildman–Crippen MR) is 141 cm³/mol. The van der Waals surface area contributed by atoms with Crippen molar-refractivity contribution in [1.29, 1.82) is 0 Å². The maximum Gasteiger partial charge on any atom is 0.200 e. The first kappa shape index (κ1) is 23.0. The Morgan fingerprint density at radius 3 is 2.78 bits per heavy atom. The van der Waals surface area contributed by atoms with Gasteiger partial charge in [0.25, 0.3) is 0 Å². The topological polar surface area (TPSA) is 85.5 Å². The molecular formula is C28H32N6O2. The summed E-state index contributed by atoms with van der Waals surface area (Å²) in [5.74, 6) is 0.612. The molecule has 0 spiro atoms. The summed E-state index contributed by atoms with van der Waals surface area (Å²) in [6, 6.07) is 5.84. The van der Waals surface area contributed by atoms with Crippen LogP contribution in [0.4, 0.5) is 5.69 Å². The van der Waals surface area contributed by atoms with Crippen LogP contribution in [0.25, 0.3) is 16.8 Å². The molecule has 2 fully saturated rings. The van der Waals surface area contributed by atoms with Gasteiger partial charge < -0.3 is 15.5 Å². The number of aromatic amines is 1. The van der Waals surface area contributed by atoms with Crippen molar-refractivity contribution >= 4 is 17.0 Å². The molecule has 0 bridgehead atoms. The van der Waals surface area contributed by atoms with Crippen LogP contribution in [0.5, 0.6) is 0 Å². The van der Waals surface area contributed by atoms with E-state index in [9.17, 15) is 4.79 Å². The third-order valence-corrected chi connectivity index (χ3v) is 7.22. The highest BCUT2D eigenvalue weighted by molar-refractivity contribution is 6.25. The average molecular weight is 485 g/mol. The Labute approximate surface area is 211 Å². The van der Waals surface area contributed by atoms with E-state index in [-0.39, 0.29) is 5.78 Å². The summed E-state index contributed by atoms with van der Waals surface area (Å²) in [7, 11) is 0. The molecule has 186 valence electrons. The lowest BCUT2D eigenvalue weighted by atomic mass is 10.0. The number of hydrazine groups is 1. The van der Waals surface area contributed by atoms with Gasteiger partial charge in [0.15, 0.2) is 5.78 Å². The summed E-state index contributed by atoms with van der Waals surface area (Å²) < 4.78 is 5.41. The van der Waals surface area contributed by atoms with E-state index in [4.69, 9.17) is 4.74 Å². The molecule has 0 atom stereocenters. The average Bonchev–Trinajstić information content (AvgIpc) is 3.57. The second-order valence-electron chi connectivity index (χ2n) is 9.72. The number of hydrogen-bond donors (Lipinski definition) is 3. The number of fused-ring (bicyclic) bond motifs is 3. The molecule has 2 aliphatic heterocycles. The maximum absolute atomic E-state index is 13.7. The number of morpholine rings is 1. The number of allylic oxidation sites excluding steroid dienone is 4. The molecule has 0 unspecified atom stereocenters. The van der Waals surface area contributed by atoms with E-state index in [1.54, 1.807) is 0 Å². The Hall–Kier alpha value is -3.46. The molecule has 36 heavy (non-hydrogen) atoms. The number of H-pyrrole nitrogens is 1. The van der Waals surface area contributed by atoms with Crippen molar-refractivity contribution in [3.05, 3.63) is 77.3 Å². The van der Waals surface area contributed by atoms with Gasteiger partial charge in [0.2, 0.25) is 0 Å². The number of carbonyl (C=O) groups excluding carboxylic acids is 1. The van der Waals surface area contributed by atoms with E-state index in [0.29, 0.717) is 30.2 Å². The minimum absolute atomic E-state index is 0.0126. The monoisotopic (exact) mass is 484 g/mol. The number of carbonyl (C=O) groups is 1. The molecule has 3 heterocycles. The van der Waals surface area contributed by atoms with Gasteiger partial charge in [-0.05, 0) is 49.6 Å². The number of nitrogens with zero attached hydrogens (tertiary/aromatic N) is 3. The number of aromatic nitrogens is 2. The van der Waals surface area contributed by atoms with Crippen molar-refractivity contribution in [2.24, 2.45) is 0 Å². The molecule has 0 saturated carbocycles. The smallest absolute Gasteiger partial charge is 0.200 e. The number of hydrogen-bond acceptors (Lipinski definition) is 7. The van der Waals surface area contributed by atoms with Crippen LogP contribution in [0.1, 0.15) is 40.9 Å². The summed E-state index contributed by atoms with van der Waals surface area (Å²) in [5, 5.41) is 13.1. The quantitative estimate of drug-likeness (QED) is 0.471. The van der Waals surface area contributed by atoms with Crippen LogP contribution >= 0.6 is 0 Å². The zero-order chi connectivity index (χ0) is 24.5. The fraction of sp³-hybridized carbons (Fsp3) is 0.357. The van der Waals surface area contributed by atoms with Crippen molar-refractivity contribution in [1.82, 2.24) is 25.5 Å². The minimum Gasteiger partial charge on any atom is -0.379 e. The minimum atomic E-state index is -0.0126. The van der Waals surface area contributed by atoms with Crippen molar-refractivity contribution in [2.75, 3.05) is 51.3 Å². The summed E-state index contributed by atoms with van der Waals surface area (Å²) >= 11 is 0. The first-order chi connectivity index (χ1) is 17.7. The molecular weight excluding hydrogens is 452 g/mol. The van der Waals surface area contributed by atoms with Crippen molar-refractivity contribution < 1.29 is 9.53 Å². The Morgan fingerprint density at radius 1 is 1.11 bits per heavy atom. The van der Waals surface area contributed by atoms with E-state index < -0.39 is 0 Å². The molecule has 2 aromatic rings. The summed E-state index contributed by atoms with van der Waals surface area (Å²) in [6.07, 6.45) is 12.0. The number of anilines is 1. The van der Waals surface area contributed by atoms with E-state index >= 15 is 0 Å². The largest absolute Gasteiger partial charge is 0.379 e. The molecule has 2 aliphatic carbocycles. The van der Waals surface area contributed by atoms with E-state index in [2.05, 4.69) is 61.7 Å². The first-order valence-electron chi connectivity index (χ1n) is 12.8. The molecule has 0 amide bonds. The van der Waals surface area contributed by atoms with Crippen molar-refractivity contribution in [3.8, 4) is 11.3 Å². The van der Waals surface area contributed by atoms with Crippen LogP contribution in [0.3, 0.4) is 0 Å². The van der Waals surface area contributed by atoms with Gasteiger partial charge >= 0.3 is 0 Å². The number of ketones is 1. The molecule has 0 radical (unpaired) electrons. The zero-order valence-electron chi connectivity index (χ0n) is 20.5. The van der Waals surface area contributed by atoms with Gasteiger partial charge in [-0.25, -0.2) is 5.01 Å². The highest BCUT2D eigenvalue weighted by Crippen LogP contribution is 2.42. The second-order valence-corrected chi connectivity index (χ2v) is 9.72. The second kappa shape index (κ2) is 9.89. The van der Waals surface area contributed by atoms with Gasteiger partial charge in [0.1, 0.15) is 11.5 Å². The van der Waals surface area contributed by atoms with Crippen LogP contribution in [-0.2, 0) is 4.74 Å². The summed E-state index contributed by atoms with van der Waals surface area (Å²) in [4.78, 5) is 16.2. The van der Waals surface area contributed by atoms with Crippen molar-refractivity contribution in [2.45, 2.75) is 19.3 Å². The fourth-order valence-corrected chi connectivity index (χ4v) is 5.43. The van der Waals surface area contributed by atoms with Gasteiger partial charge in [0.05, 0.1) is 35.7 Å². The van der Waals surface area contributed by atoms with Gasteiger partial charge in [-0.2, -0.15) is 5.10 Å². The lowest BCUT2D eigenvalue weighted by Crippen LogP contribution is -2.46. The first-order valence-corrected chi connectivity index (χ1v) is 12.8. The van der Waals surface area contributed by atoms with Crippen LogP contribution in [0, 0.1) is 0 Å². The zero-order valence-corrected chi connectivity index (χ0v) is 20.5. The summed E-state index contributed by atoms with van der Waals surface area (Å²) in [6.45, 7) is 10.4. The van der Waals surface area contributed by atoms with E-state index in [1.165, 1.54) is 31.5 Å². The molecule has 8 nitrogen and oxygen atoms in total. The van der Waals surface area contributed by atoms with Gasteiger partial charge in [0, 0.05) is 25.2 Å². The normalized spacial score (nSPS) is 19.9. The van der Waals surface area contributed by atoms with Crippen molar-refractivity contribution in [3.63, 3.8) is 0 Å². The molecule has 3 N–H and O–H groups in total. The molecule has 8 heteroatoms. The molecule has 1 aromatic carbocycles. The highest BCUT2D eigenvalue weighted by Gasteiger charge is 2.35. The maximum atomic E-state index is 13.7. The molecule has 2 saturated heterocycles. The number of nitrogens with one attached hydrogen (secondary N) is 3. The van der Waals surface area contributed by atoms with Gasteiger partial charge in [-0.1, -0.05) is 43.0 Å². The molecule has 6 rings (SSSR count). The number of benzene rings is 1. The third-order valence-electron chi connectivity index (χ3n) is 7.22. The predicted octanol–water partition coefficient (Wildman–Crippen LogP) is 3.71. The summed E-state index contributed by atoms with van der Waals surface area (Å²) in [5.41, 5.74) is 10.1. The van der Waals surface area contributed by atoms with Crippen LogP contribution in [0.15, 0.2) is 60.5 Å². The van der Waals surface area contributed by atoms with Crippen LogP contribution < -0.4 is 10.7 Å². The Morgan fingerprint density at radius 2 is 1.94 bits per heavy atom. The molecule has 4 aliphatic rings. The van der Waals surface area contributed by atoms with E-state index in [0.717, 1.165) is 54.3 Å². The molecule has 1 aromatic heterocycles. The standard InChI is InChI=1S/C28H32N6O2/c1-19(32-34-14-16-36-17-15-34)29-23-9-5-8-22-24(23)28(35)25-26(30-31-27(22)25)21-7-4-6-20(10-11-21)18-33-12-2-3-13-33/h4-6,8-11,29,32H,1-3,7,12-18H2,(H,30,31). The van der Waals surface area contributed by atoms with E-state index in [1.807, 2.05) is 18.2 Å². The highest BCUT2D eigenvalue weighted by atomic mass is 16.5. The Bertz CT molecular complexity index is 1270. The number of likely N-dealkylation sites (tertiary alicyclic amines) is 1. The Kier molecular flexibility index (Phi) is 6.31. The third kappa shape index (κ3) is 4.43. The lowest BCUT2D eigenvalue weighted by molar-refractivity contribution is 0.0190. The van der Waals surface area contributed by atoms with Gasteiger partial charge in [-0.3, -0.25) is 14.8 Å². The van der Waals surface area contributed by atoms with Gasteiger partial charge in [-0.15, -0.1) is 0 Å². The number of rotatable bonds is 7. The lowest BCUT2D eigenvalue weighted by Gasteiger charge is -2.29. The Balaban J connectivity index is 1.23. The van der Waals surface area contributed by atoms with Crippen LogP contribution in [-0.4, -0.2) is 71.8 Å². The number of ether oxygens (including phenoxy) is 1. The van der Waals surface area contributed by atoms with Crippen LogP contribution in [0.2, 0.25) is 0 Å². The fourth-order valence-electron chi connectivity index (χ4n) is 5.43. The SMILES string of the molecule is C=C(Nc1cccc2c1C(=O)c1c(C3=CC=C(CN4CCCC4)C=CC3)n[nH]c1-2)NN1CCOCC1.